The Labute approximate surface area is 174 Å². The molecule has 1 amide bonds. The van der Waals surface area contributed by atoms with Crippen molar-refractivity contribution in [2.75, 3.05) is 5.43 Å². The molecule has 0 spiro atoms. The molecule has 30 heavy (non-hydrogen) atoms. The molecule has 0 unspecified atom stereocenters. The van der Waals surface area contributed by atoms with Crippen molar-refractivity contribution in [3.63, 3.8) is 0 Å². The normalized spacial score (nSPS) is 14.3. The highest BCUT2D eigenvalue weighted by atomic mass is 32.2. The van der Waals surface area contributed by atoms with E-state index in [9.17, 15) is 13.2 Å². The minimum absolute atomic E-state index is 0.0499. The number of hydrazine groups is 1. The number of hydrogen-bond acceptors (Lipinski definition) is 6. The Morgan fingerprint density at radius 3 is 2.53 bits per heavy atom. The number of hydrogen-bond donors (Lipinski definition) is 3. The maximum absolute atomic E-state index is 12.6. The Hall–Kier alpha value is -2.98. The zero-order valence-corrected chi connectivity index (χ0v) is 17.8. The Bertz CT molecular complexity index is 1200. The number of sulfonamides is 1. The van der Waals surface area contributed by atoms with E-state index in [4.69, 9.17) is 0 Å². The van der Waals surface area contributed by atoms with Crippen molar-refractivity contribution in [3.05, 3.63) is 47.8 Å². The Morgan fingerprint density at radius 1 is 1.20 bits per heavy atom. The molecule has 9 nitrogen and oxygen atoms in total. The fraction of sp³-hybridized carbons (Fsp3) is 0.350. The van der Waals surface area contributed by atoms with E-state index < -0.39 is 10.0 Å². The quantitative estimate of drug-likeness (QED) is 0.498. The van der Waals surface area contributed by atoms with E-state index in [2.05, 4.69) is 25.7 Å². The van der Waals surface area contributed by atoms with Crippen LogP contribution >= 0.6 is 0 Å². The molecular formula is C20H24N6O3S. The third-order valence-electron chi connectivity index (χ3n) is 4.88. The van der Waals surface area contributed by atoms with Crippen molar-refractivity contribution in [2.45, 2.75) is 50.6 Å². The van der Waals surface area contributed by atoms with E-state index in [-0.39, 0.29) is 22.9 Å². The maximum Gasteiger partial charge on any atom is 0.271 e. The molecule has 2 aromatic heterocycles. The Morgan fingerprint density at radius 2 is 1.90 bits per heavy atom. The summed E-state index contributed by atoms with van der Waals surface area (Å²) in [7, 11) is -3.50. The van der Waals surface area contributed by atoms with Crippen molar-refractivity contribution < 1.29 is 13.2 Å². The third kappa shape index (κ3) is 4.14. The number of aryl methyl sites for hydroxylation is 1. The second kappa shape index (κ2) is 7.69. The maximum atomic E-state index is 12.6. The monoisotopic (exact) mass is 428 g/mol. The third-order valence-corrected chi connectivity index (χ3v) is 6.41. The first-order chi connectivity index (χ1) is 14.2. The number of carbonyl (C=O) groups is 1. The fourth-order valence-electron chi connectivity index (χ4n) is 3.08. The highest BCUT2D eigenvalue weighted by Crippen LogP contribution is 2.23. The molecule has 1 aliphatic carbocycles. The van der Waals surface area contributed by atoms with Crippen LogP contribution in [0.1, 0.15) is 48.8 Å². The van der Waals surface area contributed by atoms with Crippen LogP contribution in [0.3, 0.4) is 0 Å². The number of nitrogens with zero attached hydrogens (tertiary/aromatic N) is 3. The van der Waals surface area contributed by atoms with Crippen LogP contribution < -0.4 is 15.6 Å². The van der Waals surface area contributed by atoms with Gasteiger partial charge in [0.2, 0.25) is 10.0 Å². The minimum atomic E-state index is -3.50. The van der Waals surface area contributed by atoms with Crippen molar-refractivity contribution in [2.24, 2.45) is 0 Å². The molecule has 1 fully saturated rings. The first-order valence-corrected chi connectivity index (χ1v) is 11.3. The van der Waals surface area contributed by atoms with Gasteiger partial charge in [0.15, 0.2) is 5.65 Å². The zero-order valence-electron chi connectivity index (χ0n) is 17.0. The molecule has 4 rings (SSSR count). The van der Waals surface area contributed by atoms with Gasteiger partial charge in [0.25, 0.3) is 5.91 Å². The number of carbonyl (C=O) groups excluding carboxylic acids is 1. The molecule has 1 saturated carbocycles. The number of rotatable bonds is 7. The van der Waals surface area contributed by atoms with Crippen LogP contribution in [0.15, 0.2) is 41.4 Å². The number of nitrogens with one attached hydrogen (secondary N) is 3. The summed E-state index contributed by atoms with van der Waals surface area (Å²) in [5.74, 6) is -0.341. The van der Waals surface area contributed by atoms with E-state index in [0.29, 0.717) is 16.9 Å². The second-order valence-corrected chi connectivity index (χ2v) is 9.43. The molecule has 3 aromatic rings. The molecule has 0 saturated heterocycles. The lowest BCUT2D eigenvalue weighted by atomic mass is 10.1. The summed E-state index contributed by atoms with van der Waals surface area (Å²) in [6, 6.07) is 8.18. The van der Waals surface area contributed by atoms with Gasteiger partial charge in [0, 0.05) is 17.5 Å². The predicted octanol–water partition coefficient (Wildman–Crippen LogP) is 2.52. The second-order valence-electron chi connectivity index (χ2n) is 7.72. The SMILES string of the molecule is Cc1nc2c(cnn2C(C)C)cc1C(=O)NNc1ccc(S(=O)(=O)NC2CC2)cc1. The summed E-state index contributed by atoms with van der Waals surface area (Å²) < 4.78 is 28.9. The molecule has 1 aliphatic rings. The molecule has 10 heteroatoms. The minimum Gasteiger partial charge on any atom is -0.298 e. The van der Waals surface area contributed by atoms with Crippen molar-refractivity contribution in [1.82, 2.24) is 24.9 Å². The summed E-state index contributed by atoms with van der Waals surface area (Å²) in [6.45, 7) is 5.82. The summed E-state index contributed by atoms with van der Waals surface area (Å²) in [4.78, 5) is 17.4. The molecular weight excluding hydrogens is 404 g/mol. The van der Waals surface area contributed by atoms with Crippen molar-refractivity contribution in [3.8, 4) is 0 Å². The Kier molecular flexibility index (Phi) is 5.20. The smallest absolute Gasteiger partial charge is 0.271 e. The molecule has 3 N–H and O–H groups in total. The van der Waals surface area contributed by atoms with E-state index in [1.165, 1.54) is 12.1 Å². The number of aromatic nitrogens is 3. The molecule has 1 aromatic carbocycles. The van der Waals surface area contributed by atoms with Gasteiger partial charge in [-0.2, -0.15) is 5.10 Å². The van der Waals surface area contributed by atoms with Gasteiger partial charge in [-0.25, -0.2) is 22.8 Å². The van der Waals surface area contributed by atoms with Crippen LogP contribution in [0, 0.1) is 6.92 Å². The highest BCUT2D eigenvalue weighted by molar-refractivity contribution is 7.89. The molecule has 0 aliphatic heterocycles. The lowest BCUT2D eigenvalue weighted by Gasteiger charge is -2.12. The van der Waals surface area contributed by atoms with Crippen molar-refractivity contribution in [1.29, 1.82) is 0 Å². The summed E-state index contributed by atoms with van der Waals surface area (Å²) >= 11 is 0. The number of pyridine rings is 1. The summed E-state index contributed by atoms with van der Waals surface area (Å²) in [5, 5.41) is 5.12. The average Bonchev–Trinajstić information content (AvgIpc) is 3.40. The predicted molar refractivity (Wildman–Crippen MR) is 114 cm³/mol. The number of benzene rings is 1. The topological polar surface area (TPSA) is 118 Å². The van der Waals surface area contributed by atoms with Gasteiger partial charge in [-0.05, 0) is 63.9 Å². The van der Waals surface area contributed by atoms with Crippen LogP contribution in [-0.2, 0) is 10.0 Å². The van der Waals surface area contributed by atoms with Crippen LogP contribution in [-0.4, -0.2) is 35.1 Å². The number of anilines is 1. The number of fused-ring (bicyclic) bond motifs is 1. The highest BCUT2D eigenvalue weighted by Gasteiger charge is 2.27. The molecule has 158 valence electrons. The first kappa shape index (κ1) is 20.3. The van der Waals surface area contributed by atoms with Crippen molar-refractivity contribution >= 4 is 32.7 Å². The molecule has 2 heterocycles. The lowest BCUT2D eigenvalue weighted by molar-refractivity contribution is 0.0962. The van der Waals surface area contributed by atoms with Gasteiger partial charge < -0.3 is 0 Å². The molecule has 0 atom stereocenters. The molecule has 0 radical (unpaired) electrons. The van der Waals surface area contributed by atoms with Gasteiger partial charge in [-0.3, -0.25) is 15.6 Å². The number of amides is 1. The largest absolute Gasteiger partial charge is 0.298 e. The first-order valence-electron chi connectivity index (χ1n) is 9.78. The van der Waals surface area contributed by atoms with E-state index in [1.54, 1.807) is 31.3 Å². The van der Waals surface area contributed by atoms with E-state index >= 15 is 0 Å². The zero-order chi connectivity index (χ0) is 21.5. The van der Waals surface area contributed by atoms with Gasteiger partial charge in [0.05, 0.1) is 28.0 Å². The average molecular weight is 429 g/mol. The lowest BCUT2D eigenvalue weighted by Crippen LogP contribution is -2.30. The molecule has 0 bridgehead atoms. The van der Waals surface area contributed by atoms with Crippen LogP contribution in [0.5, 0.6) is 0 Å². The van der Waals surface area contributed by atoms with Crippen LogP contribution in [0.2, 0.25) is 0 Å². The Balaban J connectivity index is 1.45. The van der Waals surface area contributed by atoms with Crippen LogP contribution in [0.4, 0.5) is 5.69 Å². The van der Waals surface area contributed by atoms with Crippen LogP contribution in [0.25, 0.3) is 11.0 Å². The standard InChI is InChI=1S/C20H24N6O3S/c1-12(2)26-19-14(11-21-26)10-18(13(3)22-19)20(27)24-23-15-6-8-17(9-7-15)30(28,29)25-16-4-5-16/h6-12,16,23,25H,4-5H2,1-3H3,(H,24,27). The van der Waals surface area contributed by atoms with E-state index in [1.807, 2.05) is 18.5 Å². The van der Waals surface area contributed by atoms with Gasteiger partial charge in [-0.1, -0.05) is 0 Å². The summed E-state index contributed by atoms with van der Waals surface area (Å²) in [5.41, 5.74) is 7.77. The van der Waals surface area contributed by atoms with Gasteiger partial charge in [-0.15, -0.1) is 0 Å². The van der Waals surface area contributed by atoms with E-state index in [0.717, 1.165) is 23.9 Å². The summed E-state index contributed by atoms with van der Waals surface area (Å²) in [6.07, 6.45) is 3.45. The van der Waals surface area contributed by atoms with Gasteiger partial charge in [0.1, 0.15) is 0 Å². The van der Waals surface area contributed by atoms with Gasteiger partial charge >= 0.3 is 0 Å². The fourth-order valence-corrected chi connectivity index (χ4v) is 4.38.